The van der Waals surface area contributed by atoms with Crippen molar-refractivity contribution < 1.29 is 19.4 Å². The van der Waals surface area contributed by atoms with Gasteiger partial charge in [-0.15, -0.1) is 0 Å². The van der Waals surface area contributed by atoms with E-state index in [0.29, 0.717) is 37.2 Å². The first-order valence-electron chi connectivity index (χ1n) is 11.0. The topological polar surface area (TPSA) is 75.1 Å². The number of hydrogen-bond acceptors (Lipinski definition) is 6. The number of aliphatic hydroxyl groups is 1. The minimum Gasteiger partial charge on any atom is -0.477 e. The summed E-state index contributed by atoms with van der Waals surface area (Å²) in [5.41, 5.74) is 0.641. The summed E-state index contributed by atoms with van der Waals surface area (Å²) in [4.78, 5) is 21.7. The number of amides is 1. The van der Waals surface area contributed by atoms with Crippen LogP contribution in [0.1, 0.15) is 49.4 Å². The summed E-state index contributed by atoms with van der Waals surface area (Å²) in [7, 11) is 0. The zero-order valence-corrected chi connectivity index (χ0v) is 17.4. The Balaban J connectivity index is 1.41. The average Bonchev–Trinajstić information content (AvgIpc) is 2.75. The maximum atomic E-state index is 13.1. The first-order chi connectivity index (χ1) is 14.1. The number of aliphatic hydroxyl groups excluding tert-OH is 1. The molecular formula is C22H33N3O4. The minimum absolute atomic E-state index is 0.00552. The molecule has 1 unspecified atom stereocenters. The summed E-state index contributed by atoms with van der Waals surface area (Å²) in [6.07, 6.45) is 6.17. The summed E-state index contributed by atoms with van der Waals surface area (Å²) in [6, 6.07) is 4.09. The third kappa shape index (κ3) is 4.57. The van der Waals surface area contributed by atoms with Crippen LogP contribution in [0.5, 0.6) is 5.88 Å². The Morgan fingerprint density at radius 2 is 2.10 bits per heavy atom. The van der Waals surface area contributed by atoms with Crippen LogP contribution < -0.4 is 4.74 Å². The predicted octanol–water partition coefficient (Wildman–Crippen LogP) is 1.95. The van der Waals surface area contributed by atoms with Crippen molar-refractivity contribution in [2.75, 3.05) is 46.0 Å². The molecule has 0 bridgehead atoms. The van der Waals surface area contributed by atoms with Gasteiger partial charge in [0.2, 0.25) is 5.88 Å². The van der Waals surface area contributed by atoms with Crippen LogP contribution in [0.15, 0.2) is 18.3 Å². The molecule has 1 aromatic rings. The van der Waals surface area contributed by atoms with Crippen LogP contribution in [0.2, 0.25) is 0 Å². The number of piperidine rings is 2. The molecule has 7 nitrogen and oxygen atoms in total. The highest BCUT2D eigenvalue weighted by atomic mass is 16.5. The Morgan fingerprint density at radius 3 is 2.83 bits per heavy atom. The first-order valence-corrected chi connectivity index (χ1v) is 11.0. The molecule has 4 rings (SSSR count). The van der Waals surface area contributed by atoms with Crippen molar-refractivity contribution in [3.05, 3.63) is 23.9 Å². The second kappa shape index (κ2) is 8.98. The number of ether oxygens (including phenoxy) is 2. The van der Waals surface area contributed by atoms with Gasteiger partial charge in [0.05, 0.1) is 12.7 Å². The number of β-amino-alcohol motifs (C(OH)–C–C–N with tert-alkyl or cyclic N) is 1. The Morgan fingerprint density at radius 1 is 1.34 bits per heavy atom. The van der Waals surface area contributed by atoms with E-state index in [1.807, 2.05) is 11.8 Å². The lowest BCUT2D eigenvalue weighted by Gasteiger charge is -2.51. The van der Waals surface area contributed by atoms with Gasteiger partial charge in [-0.25, -0.2) is 4.98 Å². The fourth-order valence-corrected chi connectivity index (χ4v) is 5.25. The molecule has 3 fully saturated rings. The van der Waals surface area contributed by atoms with E-state index in [1.165, 1.54) is 0 Å². The molecule has 3 saturated heterocycles. The number of rotatable bonds is 4. The predicted molar refractivity (Wildman–Crippen MR) is 109 cm³/mol. The second-order valence-electron chi connectivity index (χ2n) is 8.71. The summed E-state index contributed by atoms with van der Waals surface area (Å²) < 4.78 is 11.1. The number of carbonyl (C=O) groups excluding carboxylic acids is 1. The maximum Gasteiger partial charge on any atom is 0.259 e. The highest BCUT2D eigenvalue weighted by molar-refractivity contribution is 5.96. The van der Waals surface area contributed by atoms with Crippen molar-refractivity contribution in [3.8, 4) is 5.88 Å². The zero-order valence-electron chi connectivity index (χ0n) is 17.4. The summed E-state index contributed by atoms with van der Waals surface area (Å²) >= 11 is 0. The normalized spacial score (nSPS) is 25.9. The third-order valence-electron chi connectivity index (χ3n) is 6.75. The van der Waals surface area contributed by atoms with Gasteiger partial charge in [-0.3, -0.25) is 9.69 Å². The van der Waals surface area contributed by atoms with Gasteiger partial charge in [-0.2, -0.15) is 0 Å². The van der Waals surface area contributed by atoms with E-state index < -0.39 is 0 Å². The lowest BCUT2D eigenvalue weighted by molar-refractivity contribution is -0.0695. The van der Waals surface area contributed by atoms with Crippen LogP contribution in [-0.2, 0) is 4.74 Å². The maximum absolute atomic E-state index is 13.1. The van der Waals surface area contributed by atoms with E-state index in [-0.39, 0.29) is 17.4 Å². The molecule has 4 heterocycles. The Bertz CT molecular complexity index is 699. The molecule has 1 spiro atoms. The first kappa shape index (κ1) is 20.6. The molecule has 29 heavy (non-hydrogen) atoms. The van der Waals surface area contributed by atoms with Crippen LogP contribution in [0.25, 0.3) is 0 Å². The highest BCUT2D eigenvalue weighted by Gasteiger charge is 2.44. The van der Waals surface area contributed by atoms with Gasteiger partial charge in [0.15, 0.2) is 0 Å². The molecule has 160 valence electrons. The van der Waals surface area contributed by atoms with E-state index in [1.54, 1.807) is 18.3 Å². The molecule has 1 amide bonds. The number of hydrogen-bond donors (Lipinski definition) is 1. The van der Waals surface area contributed by atoms with Crippen molar-refractivity contribution in [1.82, 2.24) is 14.8 Å². The molecule has 0 radical (unpaired) electrons. The van der Waals surface area contributed by atoms with Crippen LogP contribution in [0, 0.1) is 5.41 Å². The van der Waals surface area contributed by atoms with E-state index in [0.717, 1.165) is 58.4 Å². The lowest BCUT2D eigenvalue weighted by atomic mass is 9.71. The van der Waals surface area contributed by atoms with Crippen molar-refractivity contribution in [2.45, 2.75) is 51.2 Å². The number of pyridine rings is 1. The summed E-state index contributed by atoms with van der Waals surface area (Å²) in [5, 5.41) is 10.6. The van der Waals surface area contributed by atoms with E-state index in [9.17, 15) is 9.90 Å². The van der Waals surface area contributed by atoms with E-state index in [2.05, 4.69) is 9.88 Å². The van der Waals surface area contributed by atoms with Gasteiger partial charge in [0.25, 0.3) is 5.91 Å². The zero-order chi connectivity index (χ0) is 20.3. The molecule has 1 atom stereocenters. The lowest BCUT2D eigenvalue weighted by Crippen LogP contribution is -2.57. The van der Waals surface area contributed by atoms with Gasteiger partial charge >= 0.3 is 0 Å². The minimum atomic E-state index is -0.281. The number of nitrogens with zero attached hydrogens (tertiary/aromatic N) is 3. The molecule has 0 aromatic carbocycles. The quantitative estimate of drug-likeness (QED) is 0.828. The Labute approximate surface area is 173 Å². The van der Waals surface area contributed by atoms with Gasteiger partial charge in [0.1, 0.15) is 5.56 Å². The van der Waals surface area contributed by atoms with Crippen molar-refractivity contribution >= 4 is 5.91 Å². The fraction of sp³-hybridized carbons (Fsp3) is 0.727. The smallest absolute Gasteiger partial charge is 0.259 e. The Kier molecular flexibility index (Phi) is 6.37. The van der Waals surface area contributed by atoms with E-state index >= 15 is 0 Å². The van der Waals surface area contributed by atoms with Crippen LogP contribution in [0.3, 0.4) is 0 Å². The van der Waals surface area contributed by atoms with Crippen molar-refractivity contribution in [1.29, 1.82) is 0 Å². The molecule has 3 aliphatic heterocycles. The largest absolute Gasteiger partial charge is 0.477 e. The molecule has 0 aliphatic carbocycles. The second-order valence-corrected chi connectivity index (χ2v) is 8.71. The molecule has 3 aliphatic rings. The standard InChI is InChI=1S/C22H33N3O4/c1-2-29-20-19(4-3-9-23-20)21(27)24-10-7-22(8-11-24)14-18(26)15-25(16-22)17-5-12-28-13-6-17/h3-4,9,17-18,26H,2,5-8,10-16H2,1H3. The number of likely N-dealkylation sites (tertiary alicyclic amines) is 2. The fourth-order valence-electron chi connectivity index (χ4n) is 5.25. The van der Waals surface area contributed by atoms with Gasteiger partial charge in [0, 0.05) is 51.6 Å². The monoisotopic (exact) mass is 403 g/mol. The van der Waals surface area contributed by atoms with Crippen LogP contribution in [-0.4, -0.2) is 83.9 Å². The van der Waals surface area contributed by atoms with Crippen LogP contribution >= 0.6 is 0 Å². The summed E-state index contributed by atoms with van der Waals surface area (Å²) in [5.74, 6) is 0.410. The molecule has 1 N–H and O–H groups in total. The Hall–Kier alpha value is -1.70. The van der Waals surface area contributed by atoms with E-state index in [4.69, 9.17) is 9.47 Å². The number of aromatic nitrogens is 1. The van der Waals surface area contributed by atoms with Gasteiger partial charge in [-0.1, -0.05) is 0 Å². The van der Waals surface area contributed by atoms with Gasteiger partial charge in [-0.05, 0) is 56.6 Å². The molecule has 0 saturated carbocycles. The summed E-state index contributed by atoms with van der Waals surface area (Å²) in [6.45, 7) is 7.24. The van der Waals surface area contributed by atoms with Crippen LogP contribution in [0.4, 0.5) is 0 Å². The highest BCUT2D eigenvalue weighted by Crippen LogP contribution is 2.41. The van der Waals surface area contributed by atoms with Crippen molar-refractivity contribution in [3.63, 3.8) is 0 Å². The molecule has 1 aromatic heterocycles. The van der Waals surface area contributed by atoms with Gasteiger partial charge < -0.3 is 19.5 Å². The SMILES string of the molecule is CCOc1ncccc1C(=O)N1CCC2(CC1)CC(O)CN(C1CCOCC1)C2. The third-order valence-corrected chi connectivity index (χ3v) is 6.75. The molecular weight excluding hydrogens is 370 g/mol. The average molecular weight is 404 g/mol. The van der Waals surface area contributed by atoms with Crippen molar-refractivity contribution in [2.24, 2.45) is 5.41 Å². The molecule has 7 heteroatoms. The number of carbonyl (C=O) groups is 1.